The fourth-order valence-electron chi connectivity index (χ4n) is 3.66. The molecule has 0 radical (unpaired) electrons. The summed E-state index contributed by atoms with van der Waals surface area (Å²) in [5.74, 6) is 1.51. The van der Waals surface area contributed by atoms with Crippen LogP contribution in [0.15, 0.2) is 77.4 Å². The van der Waals surface area contributed by atoms with Crippen molar-refractivity contribution < 1.29 is 4.74 Å². The lowest BCUT2D eigenvalue weighted by atomic mass is 9.95. The number of hydrogen-bond acceptors (Lipinski definition) is 5. The predicted octanol–water partition coefficient (Wildman–Crippen LogP) is 6.54. The third-order valence-corrected chi connectivity index (χ3v) is 5.76. The van der Waals surface area contributed by atoms with E-state index in [4.69, 9.17) is 21.3 Å². The first kappa shape index (κ1) is 23.0. The molecule has 0 saturated heterocycles. The first-order valence-corrected chi connectivity index (χ1v) is 11.4. The predicted molar refractivity (Wildman–Crippen MR) is 134 cm³/mol. The quantitative estimate of drug-likeness (QED) is 0.433. The second kappa shape index (κ2) is 9.36. The van der Waals surface area contributed by atoms with E-state index in [9.17, 15) is 0 Å². The van der Waals surface area contributed by atoms with Crippen molar-refractivity contribution in [3.63, 3.8) is 0 Å². The zero-order valence-electron chi connectivity index (χ0n) is 19.8. The van der Waals surface area contributed by atoms with Gasteiger partial charge in [-0.25, -0.2) is 9.97 Å². The van der Waals surface area contributed by atoms with Gasteiger partial charge in [0.25, 0.3) is 0 Å². The van der Waals surface area contributed by atoms with E-state index in [-0.39, 0.29) is 5.41 Å². The van der Waals surface area contributed by atoms with Gasteiger partial charge in [0, 0.05) is 35.3 Å². The molecule has 0 N–H and O–H groups in total. The van der Waals surface area contributed by atoms with Crippen LogP contribution in [-0.4, -0.2) is 21.5 Å². The van der Waals surface area contributed by atoms with Crippen LogP contribution < -0.4 is 4.90 Å². The molecule has 6 heteroatoms. The zero-order valence-corrected chi connectivity index (χ0v) is 20.5. The molecule has 1 aromatic carbocycles. The molecule has 1 aliphatic heterocycles. The smallest absolute Gasteiger partial charge is 0.137 e. The van der Waals surface area contributed by atoms with E-state index in [1.54, 1.807) is 12.4 Å². The molecule has 0 fully saturated rings. The van der Waals surface area contributed by atoms with E-state index < -0.39 is 0 Å². The Labute approximate surface area is 200 Å². The highest BCUT2D eigenvalue weighted by Gasteiger charge is 2.21. The summed E-state index contributed by atoms with van der Waals surface area (Å²) in [6.45, 7) is 11.5. The summed E-state index contributed by atoms with van der Waals surface area (Å²) in [6.07, 6.45) is 5.59. The van der Waals surface area contributed by atoms with Crippen LogP contribution in [0.25, 0.3) is 11.4 Å². The number of aromatic nitrogens is 3. The Balaban J connectivity index is 1.53. The molecule has 0 atom stereocenters. The standard InChI is InChI=1S/C27H29ClN4O/c1-18-7-6-8-20(13-18)17-33-25-14-19(2)32(16-22(25)28)21-9-11-29-24(15-21)23-10-12-30-26(31-23)27(3,4)5/h6-15H,16-17H2,1-5H3. The van der Waals surface area contributed by atoms with Crippen LogP contribution in [0.3, 0.4) is 0 Å². The molecule has 0 spiro atoms. The summed E-state index contributed by atoms with van der Waals surface area (Å²) >= 11 is 6.65. The highest BCUT2D eigenvalue weighted by Crippen LogP contribution is 2.31. The number of pyridine rings is 1. The normalized spacial score (nSPS) is 14.4. The minimum atomic E-state index is -0.132. The number of anilines is 1. The third kappa shape index (κ3) is 5.42. The first-order chi connectivity index (χ1) is 15.7. The summed E-state index contributed by atoms with van der Waals surface area (Å²) in [5, 5.41) is 0.670. The average Bonchev–Trinajstić information content (AvgIpc) is 2.79. The Morgan fingerprint density at radius 3 is 2.55 bits per heavy atom. The molecule has 2 aromatic heterocycles. The summed E-state index contributed by atoms with van der Waals surface area (Å²) in [4.78, 5) is 15.9. The summed E-state index contributed by atoms with van der Waals surface area (Å²) < 4.78 is 6.04. The van der Waals surface area contributed by atoms with Crippen molar-refractivity contribution in [3.8, 4) is 11.4 Å². The topological polar surface area (TPSA) is 51.1 Å². The second-order valence-corrected chi connectivity index (χ2v) is 9.79. The van der Waals surface area contributed by atoms with Crippen LogP contribution in [0.1, 0.15) is 44.6 Å². The lowest BCUT2D eigenvalue weighted by Gasteiger charge is -2.30. The van der Waals surface area contributed by atoms with Gasteiger partial charge in [-0.3, -0.25) is 4.98 Å². The summed E-state index contributed by atoms with van der Waals surface area (Å²) in [7, 11) is 0. The lowest BCUT2D eigenvalue weighted by molar-refractivity contribution is 0.208. The van der Waals surface area contributed by atoms with E-state index >= 15 is 0 Å². The van der Waals surface area contributed by atoms with Gasteiger partial charge in [0.2, 0.25) is 0 Å². The van der Waals surface area contributed by atoms with Gasteiger partial charge in [0.05, 0.1) is 23.0 Å². The maximum atomic E-state index is 6.65. The Kier molecular flexibility index (Phi) is 6.52. The molecule has 0 unspecified atom stereocenters. The molecule has 0 amide bonds. The number of nitrogens with zero attached hydrogens (tertiary/aromatic N) is 4. The van der Waals surface area contributed by atoms with Crippen molar-refractivity contribution in [2.45, 2.75) is 46.6 Å². The molecule has 0 bridgehead atoms. The van der Waals surface area contributed by atoms with Crippen molar-refractivity contribution in [1.29, 1.82) is 0 Å². The van der Waals surface area contributed by atoms with Crippen molar-refractivity contribution in [2.24, 2.45) is 0 Å². The van der Waals surface area contributed by atoms with Crippen LogP contribution in [0.4, 0.5) is 5.69 Å². The molecule has 0 aliphatic carbocycles. The third-order valence-electron chi connectivity index (χ3n) is 5.45. The SMILES string of the molecule is CC1=CC(OCc2cccc(C)c2)=C(Cl)CN1c1ccnc(-c2ccnc(C(C)(C)C)n2)c1. The van der Waals surface area contributed by atoms with Crippen LogP contribution >= 0.6 is 11.6 Å². The molecular weight excluding hydrogens is 432 g/mol. The fourth-order valence-corrected chi connectivity index (χ4v) is 3.88. The molecule has 5 nitrogen and oxygen atoms in total. The van der Waals surface area contributed by atoms with Gasteiger partial charge < -0.3 is 9.64 Å². The Bertz CT molecular complexity index is 1230. The lowest BCUT2D eigenvalue weighted by Crippen LogP contribution is -2.26. The van der Waals surface area contributed by atoms with Crippen LogP contribution in [0.5, 0.6) is 0 Å². The minimum absolute atomic E-state index is 0.132. The van der Waals surface area contributed by atoms with E-state index in [1.165, 1.54) is 5.56 Å². The Hall–Kier alpha value is -3.18. The molecule has 3 heterocycles. The molecule has 3 aromatic rings. The molecule has 4 rings (SSSR count). The maximum absolute atomic E-state index is 6.65. The number of rotatable bonds is 5. The summed E-state index contributed by atoms with van der Waals surface area (Å²) in [6, 6.07) is 14.2. The summed E-state index contributed by atoms with van der Waals surface area (Å²) in [5.41, 5.74) is 5.86. The van der Waals surface area contributed by atoms with Crippen LogP contribution in [0.2, 0.25) is 0 Å². The number of hydrogen-bond donors (Lipinski definition) is 0. The number of aryl methyl sites for hydroxylation is 1. The number of halogens is 1. The van der Waals surface area contributed by atoms with E-state index in [2.05, 4.69) is 67.7 Å². The monoisotopic (exact) mass is 460 g/mol. The Morgan fingerprint density at radius 1 is 1.00 bits per heavy atom. The van der Waals surface area contributed by atoms with E-state index in [1.807, 2.05) is 30.3 Å². The van der Waals surface area contributed by atoms with Crippen LogP contribution in [-0.2, 0) is 16.8 Å². The number of benzene rings is 1. The second-order valence-electron chi connectivity index (χ2n) is 9.33. The minimum Gasteiger partial charge on any atom is -0.488 e. The molecule has 33 heavy (non-hydrogen) atoms. The highest BCUT2D eigenvalue weighted by molar-refractivity contribution is 6.30. The van der Waals surface area contributed by atoms with Crippen molar-refractivity contribution >= 4 is 17.3 Å². The van der Waals surface area contributed by atoms with Gasteiger partial charge >= 0.3 is 0 Å². The van der Waals surface area contributed by atoms with E-state index in [0.29, 0.717) is 23.9 Å². The molecule has 0 saturated carbocycles. The van der Waals surface area contributed by atoms with Crippen molar-refractivity contribution in [1.82, 2.24) is 15.0 Å². The first-order valence-electron chi connectivity index (χ1n) is 11.0. The van der Waals surface area contributed by atoms with Gasteiger partial charge in [0.15, 0.2) is 0 Å². The van der Waals surface area contributed by atoms with Crippen LogP contribution in [0, 0.1) is 6.92 Å². The average molecular weight is 461 g/mol. The van der Waals surface area contributed by atoms with Gasteiger partial charge in [-0.05, 0) is 37.6 Å². The number of ether oxygens (including phenoxy) is 1. The van der Waals surface area contributed by atoms with Crippen molar-refractivity contribution in [2.75, 3.05) is 11.4 Å². The van der Waals surface area contributed by atoms with Gasteiger partial charge in [-0.2, -0.15) is 0 Å². The van der Waals surface area contributed by atoms with Gasteiger partial charge in [-0.1, -0.05) is 62.2 Å². The van der Waals surface area contributed by atoms with Gasteiger partial charge in [0.1, 0.15) is 18.2 Å². The number of allylic oxidation sites excluding steroid dienone is 2. The van der Waals surface area contributed by atoms with Crippen molar-refractivity contribution in [3.05, 3.63) is 94.4 Å². The molecular formula is C27H29ClN4O. The van der Waals surface area contributed by atoms with Gasteiger partial charge in [-0.15, -0.1) is 0 Å². The molecule has 170 valence electrons. The highest BCUT2D eigenvalue weighted by atomic mass is 35.5. The molecule has 1 aliphatic rings. The van der Waals surface area contributed by atoms with E-state index in [0.717, 1.165) is 34.2 Å². The maximum Gasteiger partial charge on any atom is 0.137 e. The zero-order chi connectivity index (χ0) is 23.6. The largest absolute Gasteiger partial charge is 0.488 e. The fraction of sp³-hybridized carbons (Fsp3) is 0.296. The Morgan fingerprint density at radius 2 is 1.79 bits per heavy atom.